The Balaban J connectivity index is 1.90. The fourth-order valence-electron chi connectivity index (χ4n) is 3.68. The Bertz CT molecular complexity index is 475. The minimum Gasteiger partial charge on any atom is -0.392 e. The summed E-state index contributed by atoms with van der Waals surface area (Å²) in [4.78, 5) is 0. The second kappa shape index (κ2) is 5.75. The number of H-pyrrole nitrogens is 1. The summed E-state index contributed by atoms with van der Waals surface area (Å²) >= 11 is 5.42. The van der Waals surface area contributed by atoms with E-state index in [1.165, 1.54) is 38.5 Å². The highest BCUT2D eigenvalue weighted by atomic mass is 32.1. The number of aromatic nitrogens is 3. The molecule has 0 aliphatic heterocycles. The van der Waals surface area contributed by atoms with Crippen LogP contribution < -0.4 is 0 Å². The first-order chi connectivity index (χ1) is 9.27. The first-order valence-corrected chi connectivity index (χ1v) is 8.03. The Labute approximate surface area is 119 Å². The Morgan fingerprint density at radius 1 is 1.05 bits per heavy atom. The van der Waals surface area contributed by atoms with E-state index in [4.69, 9.17) is 12.2 Å². The molecule has 1 aromatic heterocycles. The minimum atomic E-state index is -0.249. The van der Waals surface area contributed by atoms with Crippen LogP contribution in [0.3, 0.4) is 0 Å². The van der Waals surface area contributed by atoms with Crippen LogP contribution in [0.15, 0.2) is 0 Å². The standard InChI is InChI=1S/C14H23N3OS/c18-12-9-5-4-8-11(12)13-15-16-14(19)17(13)10-6-2-1-3-7-10/h10-12,18H,1-9H2,(H,16,19)/t11-,12+/m1/s1. The largest absolute Gasteiger partial charge is 0.392 e. The molecule has 19 heavy (non-hydrogen) atoms. The van der Waals surface area contributed by atoms with Crippen LogP contribution in [0, 0.1) is 4.77 Å². The molecule has 1 heterocycles. The number of aliphatic hydroxyl groups is 1. The van der Waals surface area contributed by atoms with E-state index in [0.29, 0.717) is 6.04 Å². The summed E-state index contributed by atoms with van der Waals surface area (Å²) in [6, 6.07) is 0.490. The Morgan fingerprint density at radius 3 is 2.47 bits per heavy atom. The van der Waals surface area contributed by atoms with Gasteiger partial charge in [0.2, 0.25) is 0 Å². The summed E-state index contributed by atoms with van der Waals surface area (Å²) in [5.74, 6) is 1.17. The molecule has 0 aromatic carbocycles. The molecule has 5 heteroatoms. The minimum absolute atomic E-state index is 0.170. The van der Waals surface area contributed by atoms with Gasteiger partial charge < -0.3 is 9.67 Å². The topological polar surface area (TPSA) is 53.8 Å². The van der Waals surface area contributed by atoms with Crippen molar-refractivity contribution >= 4 is 12.2 Å². The van der Waals surface area contributed by atoms with Crippen LogP contribution in [0.2, 0.25) is 0 Å². The van der Waals surface area contributed by atoms with Crippen LogP contribution >= 0.6 is 12.2 Å². The van der Waals surface area contributed by atoms with Gasteiger partial charge in [-0.15, -0.1) is 0 Å². The van der Waals surface area contributed by atoms with Gasteiger partial charge in [0.25, 0.3) is 0 Å². The maximum Gasteiger partial charge on any atom is 0.195 e. The zero-order valence-electron chi connectivity index (χ0n) is 11.3. The van der Waals surface area contributed by atoms with E-state index in [2.05, 4.69) is 14.8 Å². The van der Waals surface area contributed by atoms with Gasteiger partial charge in [-0.2, -0.15) is 5.10 Å². The van der Waals surface area contributed by atoms with Gasteiger partial charge in [-0.3, -0.25) is 5.10 Å². The van der Waals surface area contributed by atoms with Crippen LogP contribution in [0.4, 0.5) is 0 Å². The molecule has 4 nitrogen and oxygen atoms in total. The molecule has 0 amide bonds. The third kappa shape index (κ3) is 2.63. The fourth-order valence-corrected chi connectivity index (χ4v) is 3.97. The summed E-state index contributed by atoms with van der Waals surface area (Å²) in [6.45, 7) is 0. The smallest absolute Gasteiger partial charge is 0.195 e. The Kier molecular flexibility index (Phi) is 4.03. The van der Waals surface area contributed by atoms with Crippen molar-refractivity contribution in [2.75, 3.05) is 0 Å². The summed E-state index contributed by atoms with van der Waals surface area (Å²) in [7, 11) is 0. The van der Waals surface area contributed by atoms with E-state index in [-0.39, 0.29) is 12.0 Å². The highest BCUT2D eigenvalue weighted by Gasteiger charge is 2.31. The van der Waals surface area contributed by atoms with Crippen molar-refractivity contribution in [2.24, 2.45) is 0 Å². The second-order valence-corrected chi connectivity index (χ2v) is 6.39. The summed E-state index contributed by atoms with van der Waals surface area (Å²) in [5, 5.41) is 17.7. The van der Waals surface area contributed by atoms with Crippen molar-refractivity contribution in [2.45, 2.75) is 75.9 Å². The van der Waals surface area contributed by atoms with Crippen molar-refractivity contribution in [3.05, 3.63) is 10.6 Å². The van der Waals surface area contributed by atoms with E-state index in [0.717, 1.165) is 29.9 Å². The number of hydrogen-bond acceptors (Lipinski definition) is 3. The first kappa shape index (κ1) is 13.3. The highest BCUT2D eigenvalue weighted by molar-refractivity contribution is 7.71. The molecule has 2 aliphatic rings. The van der Waals surface area contributed by atoms with Gasteiger partial charge in [-0.1, -0.05) is 32.1 Å². The van der Waals surface area contributed by atoms with E-state index >= 15 is 0 Å². The molecule has 0 bridgehead atoms. The SMILES string of the molecule is O[C@H]1CCCC[C@H]1c1n[nH]c(=S)n1C1CCCCC1. The quantitative estimate of drug-likeness (QED) is 0.816. The van der Waals surface area contributed by atoms with Gasteiger partial charge in [0.1, 0.15) is 5.82 Å². The third-order valence-electron chi connectivity index (χ3n) is 4.73. The monoisotopic (exact) mass is 281 g/mol. The zero-order chi connectivity index (χ0) is 13.2. The lowest BCUT2D eigenvalue weighted by molar-refractivity contribution is 0.0992. The molecule has 0 saturated heterocycles. The fraction of sp³-hybridized carbons (Fsp3) is 0.857. The summed E-state index contributed by atoms with van der Waals surface area (Å²) in [6.07, 6.45) is 10.3. The number of nitrogens with one attached hydrogen (secondary N) is 1. The van der Waals surface area contributed by atoms with Crippen molar-refractivity contribution in [1.82, 2.24) is 14.8 Å². The van der Waals surface area contributed by atoms with Crippen molar-refractivity contribution in [3.8, 4) is 0 Å². The lowest BCUT2D eigenvalue weighted by Crippen LogP contribution is -2.27. The van der Waals surface area contributed by atoms with Gasteiger partial charge in [-0.25, -0.2) is 0 Å². The van der Waals surface area contributed by atoms with Crippen molar-refractivity contribution < 1.29 is 5.11 Å². The molecule has 2 aliphatic carbocycles. The molecular weight excluding hydrogens is 258 g/mol. The average molecular weight is 281 g/mol. The van der Waals surface area contributed by atoms with E-state index in [1.807, 2.05) is 0 Å². The Hall–Kier alpha value is -0.680. The van der Waals surface area contributed by atoms with Gasteiger partial charge in [-0.05, 0) is 37.9 Å². The van der Waals surface area contributed by atoms with Gasteiger partial charge in [0, 0.05) is 12.0 Å². The molecule has 0 unspecified atom stereocenters. The molecule has 1 aromatic rings. The molecule has 2 N–H and O–H groups in total. The average Bonchev–Trinajstić information content (AvgIpc) is 2.82. The maximum atomic E-state index is 10.3. The van der Waals surface area contributed by atoms with Crippen LogP contribution in [-0.4, -0.2) is 26.0 Å². The maximum absolute atomic E-state index is 10.3. The predicted molar refractivity (Wildman–Crippen MR) is 76.7 cm³/mol. The third-order valence-corrected chi connectivity index (χ3v) is 5.02. The zero-order valence-corrected chi connectivity index (χ0v) is 12.2. The van der Waals surface area contributed by atoms with E-state index in [1.54, 1.807) is 0 Å². The van der Waals surface area contributed by atoms with E-state index in [9.17, 15) is 5.11 Å². The normalized spacial score (nSPS) is 29.5. The molecule has 2 saturated carbocycles. The number of nitrogens with zero attached hydrogens (tertiary/aromatic N) is 2. The lowest BCUT2D eigenvalue weighted by Gasteiger charge is -2.30. The molecule has 0 spiro atoms. The van der Waals surface area contributed by atoms with Crippen LogP contribution in [-0.2, 0) is 0 Å². The molecular formula is C14H23N3OS. The van der Waals surface area contributed by atoms with Gasteiger partial charge >= 0.3 is 0 Å². The van der Waals surface area contributed by atoms with E-state index < -0.39 is 0 Å². The number of hydrogen-bond donors (Lipinski definition) is 2. The van der Waals surface area contributed by atoms with Crippen molar-refractivity contribution in [3.63, 3.8) is 0 Å². The van der Waals surface area contributed by atoms with Crippen LogP contribution in [0.5, 0.6) is 0 Å². The first-order valence-electron chi connectivity index (χ1n) is 7.62. The lowest BCUT2D eigenvalue weighted by atomic mass is 9.85. The van der Waals surface area contributed by atoms with Gasteiger partial charge in [0.05, 0.1) is 6.10 Å². The number of rotatable bonds is 2. The van der Waals surface area contributed by atoms with Crippen LogP contribution in [0.25, 0.3) is 0 Å². The molecule has 0 radical (unpaired) electrons. The Morgan fingerprint density at radius 2 is 1.74 bits per heavy atom. The predicted octanol–water partition coefficient (Wildman–Crippen LogP) is 3.46. The molecule has 2 atom stereocenters. The van der Waals surface area contributed by atoms with Crippen LogP contribution in [0.1, 0.15) is 75.6 Å². The van der Waals surface area contributed by atoms with Gasteiger partial charge in [0.15, 0.2) is 4.77 Å². The summed E-state index contributed by atoms with van der Waals surface area (Å²) in [5.41, 5.74) is 0. The highest BCUT2D eigenvalue weighted by Crippen LogP contribution is 2.36. The molecule has 3 rings (SSSR count). The van der Waals surface area contributed by atoms with Crippen molar-refractivity contribution in [1.29, 1.82) is 0 Å². The molecule has 106 valence electrons. The second-order valence-electron chi connectivity index (χ2n) is 6.01. The number of aliphatic hydroxyl groups excluding tert-OH is 1. The number of aromatic amines is 1. The molecule has 2 fully saturated rings. The summed E-state index contributed by atoms with van der Waals surface area (Å²) < 4.78 is 2.95.